The third-order valence-corrected chi connectivity index (χ3v) is 5.98. The van der Waals surface area contributed by atoms with Crippen molar-refractivity contribution in [1.29, 1.82) is 0 Å². The van der Waals surface area contributed by atoms with Crippen molar-refractivity contribution in [2.45, 2.75) is 155 Å². The summed E-state index contributed by atoms with van der Waals surface area (Å²) < 4.78 is 5.48. The lowest BCUT2D eigenvalue weighted by Crippen LogP contribution is -2.14. The zero-order chi connectivity index (χ0) is 23.9. The Kier molecular flexibility index (Phi) is 21.8. The molecule has 0 saturated heterocycles. The van der Waals surface area contributed by atoms with Gasteiger partial charge in [0.15, 0.2) is 0 Å². The van der Waals surface area contributed by atoms with Crippen LogP contribution in [0.5, 0.6) is 0 Å². The smallest absolute Gasteiger partial charge is 0.306 e. The number of ether oxygens (including phenoxy) is 1. The first-order valence-electron chi connectivity index (χ1n) is 13.4. The molecule has 0 aromatic heterocycles. The highest BCUT2D eigenvalue weighted by Gasteiger charge is 2.09. The molecule has 188 valence electrons. The number of Topliss-reactive ketones (excluding diaryl/α,β-unsaturated/α-hetero) is 1. The van der Waals surface area contributed by atoms with Gasteiger partial charge >= 0.3 is 11.9 Å². The summed E-state index contributed by atoms with van der Waals surface area (Å²) in [5.74, 6) is -0.404. The van der Waals surface area contributed by atoms with Crippen molar-refractivity contribution in [3.8, 4) is 0 Å². The molecule has 1 atom stereocenters. The molecule has 1 unspecified atom stereocenters. The zero-order valence-electron chi connectivity index (χ0n) is 21.0. The van der Waals surface area contributed by atoms with E-state index in [2.05, 4.69) is 6.92 Å². The molecule has 5 nitrogen and oxygen atoms in total. The molecule has 0 aliphatic carbocycles. The average Bonchev–Trinajstić information content (AvgIpc) is 2.74. The Morgan fingerprint density at radius 3 is 1.56 bits per heavy atom. The van der Waals surface area contributed by atoms with Crippen LogP contribution in [0.15, 0.2) is 0 Å². The minimum atomic E-state index is -0.724. The molecule has 1 N–H and O–H groups in total. The number of esters is 1. The van der Waals surface area contributed by atoms with Crippen molar-refractivity contribution >= 4 is 17.7 Å². The third kappa shape index (κ3) is 23.3. The number of hydrogen-bond donors (Lipinski definition) is 1. The molecule has 0 fully saturated rings. The molecule has 0 heterocycles. The highest BCUT2D eigenvalue weighted by molar-refractivity contribution is 5.78. The van der Waals surface area contributed by atoms with E-state index in [4.69, 9.17) is 9.84 Å². The van der Waals surface area contributed by atoms with Crippen molar-refractivity contribution in [3.05, 3.63) is 0 Å². The van der Waals surface area contributed by atoms with Crippen LogP contribution in [-0.4, -0.2) is 28.9 Å². The van der Waals surface area contributed by atoms with E-state index in [9.17, 15) is 14.4 Å². The van der Waals surface area contributed by atoms with E-state index in [1.807, 2.05) is 6.92 Å². The summed E-state index contributed by atoms with van der Waals surface area (Å²) in [6.07, 6.45) is 20.3. The molecule has 0 aromatic rings. The fourth-order valence-corrected chi connectivity index (χ4v) is 3.93. The molecule has 0 aromatic carbocycles. The number of carboxylic acids is 1. The van der Waals surface area contributed by atoms with Crippen LogP contribution in [0.1, 0.15) is 149 Å². The van der Waals surface area contributed by atoms with E-state index in [-0.39, 0.29) is 18.5 Å². The van der Waals surface area contributed by atoms with Crippen LogP contribution >= 0.6 is 0 Å². The van der Waals surface area contributed by atoms with Gasteiger partial charge in [0.1, 0.15) is 5.78 Å². The molecule has 0 radical (unpaired) electrons. The average molecular weight is 455 g/mol. The molecule has 0 aliphatic rings. The van der Waals surface area contributed by atoms with Crippen molar-refractivity contribution in [2.75, 3.05) is 0 Å². The van der Waals surface area contributed by atoms with Crippen LogP contribution in [0.25, 0.3) is 0 Å². The maximum absolute atomic E-state index is 11.9. The SMILES string of the molecule is CCCCCCC(C)OC(=O)CCCCCCCCCC(=O)CCCCCCCC(=O)O. The van der Waals surface area contributed by atoms with E-state index in [1.54, 1.807) is 0 Å². The quantitative estimate of drug-likeness (QED) is 0.119. The summed E-state index contributed by atoms with van der Waals surface area (Å²) in [6.45, 7) is 4.20. The number of carbonyl (C=O) groups is 3. The minimum Gasteiger partial charge on any atom is -0.481 e. The van der Waals surface area contributed by atoms with Gasteiger partial charge in [-0.05, 0) is 45.4 Å². The number of carboxylic acid groups (broad SMARTS) is 1. The van der Waals surface area contributed by atoms with Gasteiger partial charge in [-0.15, -0.1) is 0 Å². The van der Waals surface area contributed by atoms with Gasteiger partial charge in [0.25, 0.3) is 0 Å². The van der Waals surface area contributed by atoms with Gasteiger partial charge < -0.3 is 9.84 Å². The van der Waals surface area contributed by atoms with E-state index < -0.39 is 5.97 Å². The van der Waals surface area contributed by atoms with Gasteiger partial charge in [-0.3, -0.25) is 14.4 Å². The van der Waals surface area contributed by atoms with Crippen LogP contribution < -0.4 is 0 Å². The number of carbonyl (C=O) groups excluding carboxylic acids is 2. The van der Waals surface area contributed by atoms with Crippen LogP contribution in [0.3, 0.4) is 0 Å². The Morgan fingerprint density at radius 1 is 0.625 bits per heavy atom. The molecular formula is C27H50O5. The summed E-state index contributed by atoms with van der Waals surface area (Å²) >= 11 is 0. The fraction of sp³-hybridized carbons (Fsp3) is 0.889. The molecule has 32 heavy (non-hydrogen) atoms. The highest BCUT2D eigenvalue weighted by atomic mass is 16.5. The van der Waals surface area contributed by atoms with Gasteiger partial charge in [-0.1, -0.05) is 77.6 Å². The summed E-state index contributed by atoms with van der Waals surface area (Å²) in [4.78, 5) is 34.2. The van der Waals surface area contributed by atoms with Crippen LogP contribution in [0, 0.1) is 0 Å². The first kappa shape index (κ1) is 30.6. The van der Waals surface area contributed by atoms with E-state index >= 15 is 0 Å². The van der Waals surface area contributed by atoms with Gasteiger partial charge in [0.2, 0.25) is 0 Å². The van der Waals surface area contributed by atoms with E-state index in [0.29, 0.717) is 25.0 Å². The second-order valence-electron chi connectivity index (χ2n) is 9.32. The third-order valence-electron chi connectivity index (χ3n) is 5.98. The normalized spacial score (nSPS) is 11.9. The Balaban J connectivity index is 3.36. The minimum absolute atomic E-state index is 0.0471. The Morgan fingerprint density at radius 2 is 1.06 bits per heavy atom. The van der Waals surface area contributed by atoms with E-state index in [1.165, 1.54) is 25.7 Å². The number of aliphatic carboxylic acids is 1. The lowest BCUT2D eigenvalue weighted by molar-refractivity contribution is -0.148. The zero-order valence-corrected chi connectivity index (χ0v) is 21.0. The van der Waals surface area contributed by atoms with Crippen molar-refractivity contribution in [1.82, 2.24) is 0 Å². The summed E-state index contributed by atoms with van der Waals surface area (Å²) in [7, 11) is 0. The number of ketones is 1. The highest BCUT2D eigenvalue weighted by Crippen LogP contribution is 2.14. The monoisotopic (exact) mass is 454 g/mol. The first-order chi connectivity index (χ1) is 15.5. The Labute approximate surface area is 197 Å². The number of rotatable bonds is 24. The summed E-state index contributed by atoms with van der Waals surface area (Å²) in [6, 6.07) is 0. The standard InChI is InChI=1S/C27H50O5/c1-3-4-5-14-19-24(2)32-27(31)23-18-13-8-6-7-10-15-20-25(28)21-16-11-9-12-17-22-26(29)30/h24H,3-23H2,1-2H3,(H,29,30). The molecule has 0 rings (SSSR count). The molecule has 0 bridgehead atoms. The van der Waals surface area contributed by atoms with Crippen LogP contribution in [0.2, 0.25) is 0 Å². The topological polar surface area (TPSA) is 80.7 Å². The van der Waals surface area contributed by atoms with E-state index in [0.717, 1.165) is 83.5 Å². The second-order valence-corrected chi connectivity index (χ2v) is 9.32. The van der Waals surface area contributed by atoms with Crippen LogP contribution in [-0.2, 0) is 19.1 Å². The molecule has 5 heteroatoms. The lowest BCUT2D eigenvalue weighted by Gasteiger charge is -2.13. The van der Waals surface area contributed by atoms with Gasteiger partial charge in [-0.25, -0.2) is 0 Å². The predicted molar refractivity (Wildman–Crippen MR) is 131 cm³/mol. The number of unbranched alkanes of at least 4 members (excludes halogenated alkanes) is 13. The van der Waals surface area contributed by atoms with Gasteiger partial charge in [-0.2, -0.15) is 0 Å². The summed E-state index contributed by atoms with van der Waals surface area (Å²) in [5, 5.41) is 8.58. The Bertz CT molecular complexity index is 475. The predicted octanol–water partition coefficient (Wildman–Crippen LogP) is 7.78. The van der Waals surface area contributed by atoms with Crippen molar-refractivity contribution < 1.29 is 24.2 Å². The van der Waals surface area contributed by atoms with Crippen molar-refractivity contribution in [2.24, 2.45) is 0 Å². The number of hydrogen-bond acceptors (Lipinski definition) is 4. The van der Waals surface area contributed by atoms with Crippen LogP contribution in [0.4, 0.5) is 0 Å². The first-order valence-corrected chi connectivity index (χ1v) is 13.4. The maximum atomic E-state index is 11.9. The largest absolute Gasteiger partial charge is 0.481 e. The molecule has 0 saturated carbocycles. The summed E-state index contributed by atoms with van der Waals surface area (Å²) in [5.41, 5.74) is 0. The molecule has 0 aliphatic heterocycles. The molecular weight excluding hydrogens is 404 g/mol. The van der Waals surface area contributed by atoms with Gasteiger partial charge in [0, 0.05) is 25.7 Å². The Hall–Kier alpha value is -1.39. The second kappa shape index (κ2) is 22.8. The maximum Gasteiger partial charge on any atom is 0.306 e. The molecule has 0 amide bonds. The fourth-order valence-electron chi connectivity index (χ4n) is 3.93. The van der Waals surface area contributed by atoms with Gasteiger partial charge in [0.05, 0.1) is 6.10 Å². The van der Waals surface area contributed by atoms with Crippen molar-refractivity contribution in [3.63, 3.8) is 0 Å². The lowest BCUT2D eigenvalue weighted by atomic mass is 10.0. The molecule has 0 spiro atoms.